The van der Waals surface area contributed by atoms with Gasteiger partial charge in [-0.05, 0) is 57.6 Å². The molecule has 25 heavy (non-hydrogen) atoms. The molecule has 0 spiro atoms. The maximum atomic E-state index is 12.4. The van der Waals surface area contributed by atoms with E-state index in [2.05, 4.69) is 10.6 Å². The van der Waals surface area contributed by atoms with Crippen LogP contribution in [-0.2, 0) is 9.53 Å². The molecule has 0 amide bonds. The van der Waals surface area contributed by atoms with E-state index in [4.69, 9.17) is 26.4 Å². The van der Waals surface area contributed by atoms with Gasteiger partial charge in [-0.3, -0.25) is 0 Å². The van der Waals surface area contributed by atoms with Crippen molar-refractivity contribution in [3.05, 3.63) is 35.0 Å². The first-order valence-corrected chi connectivity index (χ1v) is 8.77. The normalized spacial score (nSPS) is 16.8. The van der Waals surface area contributed by atoms with Gasteiger partial charge < -0.3 is 24.8 Å². The summed E-state index contributed by atoms with van der Waals surface area (Å²) in [4.78, 5) is 12.4. The molecule has 0 saturated carbocycles. The zero-order chi connectivity index (χ0) is 18.4. The monoisotopic (exact) mass is 364 g/mol. The second-order valence-corrected chi connectivity index (χ2v) is 5.77. The molecule has 1 atom stereocenters. The van der Waals surface area contributed by atoms with E-state index >= 15 is 0 Å². The predicted molar refractivity (Wildman–Crippen MR) is 99.7 cm³/mol. The lowest BCUT2D eigenvalue weighted by Crippen LogP contribution is -2.45. The van der Waals surface area contributed by atoms with Gasteiger partial charge >= 0.3 is 5.97 Å². The minimum Gasteiger partial charge on any atom is -0.490 e. The predicted octanol–water partition coefficient (Wildman–Crippen LogP) is 2.84. The molecule has 1 heterocycles. The summed E-state index contributed by atoms with van der Waals surface area (Å²) in [6.07, 6.45) is 0. The summed E-state index contributed by atoms with van der Waals surface area (Å²) in [5.74, 6) is 0.927. The minimum absolute atomic E-state index is 0.306. The third-order valence-corrected chi connectivity index (χ3v) is 3.89. The van der Waals surface area contributed by atoms with Gasteiger partial charge in [0.2, 0.25) is 0 Å². The molecule has 2 rings (SSSR count). The largest absolute Gasteiger partial charge is 0.490 e. The highest BCUT2D eigenvalue weighted by Gasteiger charge is 2.31. The second-order valence-electron chi connectivity index (χ2n) is 5.36. The molecule has 1 aromatic rings. The Morgan fingerprint density at radius 2 is 1.80 bits per heavy atom. The molecule has 0 aromatic heterocycles. The summed E-state index contributed by atoms with van der Waals surface area (Å²) >= 11 is 5.25. The fourth-order valence-electron chi connectivity index (χ4n) is 2.67. The van der Waals surface area contributed by atoms with Crippen molar-refractivity contribution in [2.24, 2.45) is 0 Å². The number of hydrogen-bond acceptors (Lipinski definition) is 5. The van der Waals surface area contributed by atoms with Crippen LogP contribution in [-0.4, -0.2) is 30.9 Å². The molecule has 1 aliphatic rings. The smallest absolute Gasteiger partial charge is 0.338 e. The first-order valence-electron chi connectivity index (χ1n) is 8.36. The Morgan fingerprint density at radius 1 is 1.12 bits per heavy atom. The van der Waals surface area contributed by atoms with Gasteiger partial charge in [0.15, 0.2) is 16.6 Å². The van der Waals surface area contributed by atoms with E-state index < -0.39 is 6.04 Å². The Balaban J connectivity index is 2.45. The number of nitrogens with one attached hydrogen (secondary N) is 2. The van der Waals surface area contributed by atoms with Crippen LogP contribution in [0.25, 0.3) is 0 Å². The van der Waals surface area contributed by atoms with Gasteiger partial charge in [-0.1, -0.05) is 6.07 Å². The Labute approximate surface area is 153 Å². The molecule has 136 valence electrons. The summed E-state index contributed by atoms with van der Waals surface area (Å²) in [5, 5.41) is 6.58. The van der Waals surface area contributed by atoms with Crippen molar-refractivity contribution in [3.63, 3.8) is 0 Å². The summed E-state index contributed by atoms with van der Waals surface area (Å²) in [6, 6.07) is 5.19. The van der Waals surface area contributed by atoms with Crippen molar-refractivity contribution in [1.82, 2.24) is 10.6 Å². The lowest BCUT2D eigenvalue weighted by Gasteiger charge is -2.30. The summed E-state index contributed by atoms with van der Waals surface area (Å²) in [7, 11) is 0. The number of esters is 1. The maximum absolute atomic E-state index is 12.4. The zero-order valence-electron chi connectivity index (χ0n) is 15.0. The van der Waals surface area contributed by atoms with Gasteiger partial charge in [-0.15, -0.1) is 0 Å². The van der Waals surface area contributed by atoms with Gasteiger partial charge in [0.25, 0.3) is 0 Å². The Morgan fingerprint density at radius 3 is 2.44 bits per heavy atom. The van der Waals surface area contributed by atoms with Gasteiger partial charge in [-0.2, -0.15) is 0 Å². The van der Waals surface area contributed by atoms with E-state index in [9.17, 15) is 4.79 Å². The van der Waals surface area contributed by atoms with Gasteiger partial charge in [0.05, 0.1) is 31.4 Å². The molecule has 0 fully saturated rings. The first-order chi connectivity index (χ1) is 12.0. The van der Waals surface area contributed by atoms with Gasteiger partial charge in [0, 0.05) is 5.70 Å². The number of ether oxygens (including phenoxy) is 3. The van der Waals surface area contributed by atoms with Crippen LogP contribution < -0.4 is 20.1 Å². The fourth-order valence-corrected chi connectivity index (χ4v) is 2.94. The van der Waals surface area contributed by atoms with Crippen LogP contribution in [0, 0.1) is 0 Å². The number of carbonyl (C=O) groups excluding carboxylic acids is 1. The molecule has 0 saturated heterocycles. The Bertz CT molecular complexity index is 688. The summed E-state index contributed by atoms with van der Waals surface area (Å²) in [5.41, 5.74) is 2.03. The highest BCUT2D eigenvalue weighted by atomic mass is 32.1. The number of thiocarbonyl (C=S) groups is 1. The average molecular weight is 364 g/mol. The van der Waals surface area contributed by atoms with Crippen LogP contribution in [0.3, 0.4) is 0 Å². The molecule has 1 unspecified atom stereocenters. The van der Waals surface area contributed by atoms with Crippen molar-refractivity contribution in [3.8, 4) is 11.5 Å². The number of carbonyl (C=O) groups is 1. The van der Waals surface area contributed by atoms with E-state index in [0.717, 1.165) is 5.56 Å². The quantitative estimate of drug-likeness (QED) is 0.569. The van der Waals surface area contributed by atoms with Crippen LogP contribution in [0.2, 0.25) is 0 Å². The standard InChI is InChI=1S/C18H24N2O4S/c1-5-22-13-9-8-12(10-14(13)23-6-2)16-15(17(21)24-7-3)11(4)19-18(25)20-16/h8-10,16H,5-7H2,1-4H3,(H2,19,20,25). The van der Waals surface area contributed by atoms with Crippen molar-refractivity contribution in [2.45, 2.75) is 33.7 Å². The van der Waals surface area contributed by atoms with Crippen LogP contribution in [0.5, 0.6) is 11.5 Å². The molecule has 6 nitrogen and oxygen atoms in total. The third kappa shape index (κ3) is 4.42. The zero-order valence-corrected chi connectivity index (χ0v) is 15.8. The molecule has 0 radical (unpaired) electrons. The van der Waals surface area contributed by atoms with E-state index in [1.807, 2.05) is 39.0 Å². The Hall–Kier alpha value is -2.28. The topological polar surface area (TPSA) is 68.8 Å². The molecule has 1 aromatic carbocycles. The van der Waals surface area contributed by atoms with E-state index in [-0.39, 0.29) is 5.97 Å². The summed E-state index contributed by atoms with van der Waals surface area (Å²) in [6.45, 7) is 8.78. The highest BCUT2D eigenvalue weighted by Crippen LogP contribution is 2.34. The molecule has 7 heteroatoms. The maximum Gasteiger partial charge on any atom is 0.338 e. The number of rotatable bonds is 7. The van der Waals surface area contributed by atoms with E-state index in [1.54, 1.807) is 6.92 Å². The molecule has 0 bridgehead atoms. The molecule has 1 aliphatic heterocycles. The third-order valence-electron chi connectivity index (χ3n) is 3.67. The van der Waals surface area contributed by atoms with Crippen LogP contribution in [0.1, 0.15) is 39.3 Å². The van der Waals surface area contributed by atoms with E-state index in [1.165, 1.54) is 0 Å². The van der Waals surface area contributed by atoms with Crippen molar-refractivity contribution in [2.75, 3.05) is 19.8 Å². The molecule has 0 aliphatic carbocycles. The van der Waals surface area contributed by atoms with Crippen molar-refractivity contribution < 1.29 is 19.0 Å². The lowest BCUT2D eigenvalue weighted by atomic mass is 9.95. The van der Waals surface area contributed by atoms with Crippen molar-refractivity contribution in [1.29, 1.82) is 0 Å². The van der Waals surface area contributed by atoms with Gasteiger partial charge in [0.1, 0.15) is 0 Å². The van der Waals surface area contributed by atoms with Crippen molar-refractivity contribution >= 4 is 23.3 Å². The van der Waals surface area contributed by atoms with Gasteiger partial charge in [-0.25, -0.2) is 4.79 Å². The minimum atomic E-state index is -0.414. The average Bonchev–Trinajstić information content (AvgIpc) is 2.56. The highest BCUT2D eigenvalue weighted by molar-refractivity contribution is 7.80. The van der Waals surface area contributed by atoms with Crippen LogP contribution >= 0.6 is 12.2 Å². The molecular formula is C18H24N2O4S. The first kappa shape index (κ1) is 19.1. The molecule has 2 N–H and O–H groups in total. The van der Waals surface area contributed by atoms with Crippen LogP contribution in [0.15, 0.2) is 29.5 Å². The lowest BCUT2D eigenvalue weighted by molar-refractivity contribution is -0.139. The molecular weight excluding hydrogens is 340 g/mol. The second kappa shape index (κ2) is 8.71. The Kier molecular flexibility index (Phi) is 6.64. The summed E-state index contributed by atoms with van der Waals surface area (Å²) < 4.78 is 16.5. The fraction of sp³-hybridized carbons (Fsp3) is 0.444. The number of allylic oxidation sites excluding steroid dienone is 1. The van der Waals surface area contributed by atoms with E-state index in [0.29, 0.717) is 47.7 Å². The van der Waals surface area contributed by atoms with Crippen LogP contribution in [0.4, 0.5) is 0 Å². The SMILES string of the molecule is CCOC(=O)C1=C(C)NC(=S)NC1c1ccc(OCC)c(OCC)c1. The number of hydrogen-bond donors (Lipinski definition) is 2. The number of benzene rings is 1.